The summed E-state index contributed by atoms with van der Waals surface area (Å²) in [5.74, 6) is 0. The van der Waals surface area contributed by atoms with E-state index < -0.39 is 6.03 Å². The Morgan fingerprint density at radius 1 is 1.00 bits per heavy atom. The molecule has 0 fully saturated rings. The Balaban J connectivity index is 0. The summed E-state index contributed by atoms with van der Waals surface area (Å²) in [7, 11) is 4.61. The van der Waals surface area contributed by atoms with Gasteiger partial charge < -0.3 is 21.7 Å². The highest BCUT2D eigenvalue weighted by Crippen LogP contribution is 1.48. The fourth-order valence-corrected chi connectivity index (χ4v) is 0.125. The van der Waals surface area contributed by atoms with E-state index in [2.05, 4.69) is 21.7 Å². The van der Waals surface area contributed by atoms with Crippen LogP contribution in [0, 0.1) is 0 Å². The van der Waals surface area contributed by atoms with Crippen LogP contribution in [0.1, 0.15) is 0 Å². The molecule has 0 aromatic rings. The summed E-state index contributed by atoms with van der Waals surface area (Å²) in [6.07, 6.45) is 0. The lowest BCUT2D eigenvalue weighted by molar-refractivity contribution is 0.245. The maximum absolute atomic E-state index is 9.96. The SMILES string of the molecule is CNC(=O)NC.CNC(N)=O. The van der Waals surface area contributed by atoms with Crippen molar-refractivity contribution in [2.75, 3.05) is 21.1 Å². The Morgan fingerprint density at radius 2 is 1.27 bits per heavy atom. The van der Waals surface area contributed by atoms with Gasteiger partial charge in [0, 0.05) is 21.1 Å². The average Bonchev–Trinajstić information content (AvgIpc) is 2.04. The second-order valence-electron chi connectivity index (χ2n) is 1.44. The van der Waals surface area contributed by atoms with Crippen molar-refractivity contribution in [2.24, 2.45) is 5.73 Å². The zero-order valence-corrected chi connectivity index (χ0v) is 6.89. The van der Waals surface area contributed by atoms with E-state index in [9.17, 15) is 9.59 Å². The summed E-state index contributed by atoms with van der Waals surface area (Å²) in [5.41, 5.74) is 4.54. The molecule has 0 aromatic carbocycles. The van der Waals surface area contributed by atoms with E-state index in [1.807, 2.05) is 0 Å². The van der Waals surface area contributed by atoms with E-state index in [0.717, 1.165) is 0 Å². The van der Waals surface area contributed by atoms with E-state index >= 15 is 0 Å². The van der Waals surface area contributed by atoms with Crippen LogP contribution in [-0.4, -0.2) is 33.2 Å². The Bertz CT molecular complexity index is 120. The Labute approximate surface area is 65.5 Å². The number of hydrogen-bond acceptors (Lipinski definition) is 2. The lowest BCUT2D eigenvalue weighted by Gasteiger charge is -1.91. The topological polar surface area (TPSA) is 96.2 Å². The van der Waals surface area contributed by atoms with Gasteiger partial charge in [0.2, 0.25) is 0 Å². The number of nitrogens with one attached hydrogen (secondary N) is 3. The summed E-state index contributed by atoms with van der Waals surface area (Å²) in [6.45, 7) is 0. The number of carbonyl (C=O) groups excluding carboxylic acids is 2. The molecular formula is C5H14N4O2. The lowest BCUT2D eigenvalue weighted by Crippen LogP contribution is -2.28. The first kappa shape index (κ1) is 12.2. The summed E-state index contributed by atoms with van der Waals surface area (Å²) in [6, 6.07) is -0.653. The van der Waals surface area contributed by atoms with Crippen molar-refractivity contribution in [1.82, 2.24) is 16.0 Å². The highest BCUT2D eigenvalue weighted by molar-refractivity contribution is 5.72. The zero-order chi connectivity index (χ0) is 9.28. The third-order valence-corrected chi connectivity index (χ3v) is 0.701. The molecule has 11 heavy (non-hydrogen) atoms. The van der Waals surface area contributed by atoms with Gasteiger partial charge in [-0.15, -0.1) is 0 Å². The molecule has 0 heterocycles. The number of nitrogens with two attached hydrogens (primary N) is 1. The smallest absolute Gasteiger partial charge is 0.314 e. The standard InChI is InChI=1S/C3H8N2O.C2H6N2O/c1-4-3(6)5-2;1-4-2(3)5/h1-2H3,(H2,4,5,6);1H3,(H3,3,4,5). The van der Waals surface area contributed by atoms with Gasteiger partial charge in [0.1, 0.15) is 0 Å². The third-order valence-electron chi connectivity index (χ3n) is 0.701. The van der Waals surface area contributed by atoms with Gasteiger partial charge in [-0.05, 0) is 0 Å². The molecule has 0 aromatic heterocycles. The summed E-state index contributed by atoms with van der Waals surface area (Å²) in [5, 5.41) is 6.90. The van der Waals surface area contributed by atoms with Crippen LogP contribution in [0.15, 0.2) is 0 Å². The molecule has 0 saturated carbocycles. The normalized spacial score (nSPS) is 6.82. The number of rotatable bonds is 0. The van der Waals surface area contributed by atoms with Gasteiger partial charge in [-0.3, -0.25) is 0 Å². The fourth-order valence-electron chi connectivity index (χ4n) is 0.125. The molecular weight excluding hydrogens is 148 g/mol. The second-order valence-corrected chi connectivity index (χ2v) is 1.44. The highest BCUT2D eigenvalue weighted by Gasteiger charge is 1.81. The molecule has 66 valence electrons. The van der Waals surface area contributed by atoms with Crippen LogP contribution in [0.2, 0.25) is 0 Å². The van der Waals surface area contributed by atoms with Gasteiger partial charge in [-0.2, -0.15) is 0 Å². The first-order chi connectivity index (χ1) is 5.08. The number of hydrogen-bond donors (Lipinski definition) is 4. The second kappa shape index (κ2) is 8.54. The molecule has 0 aliphatic heterocycles. The van der Waals surface area contributed by atoms with Crippen LogP contribution >= 0.6 is 0 Å². The molecule has 0 aliphatic rings. The summed E-state index contributed by atoms with van der Waals surface area (Å²) >= 11 is 0. The molecule has 0 unspecified atom stereocenters. The maximum Gasteiger partial charge on any atom is 0.314 e. The minimum atomic E-state index is -0.495. The van der Waals surface area contributed by atoms with Gasteiger partial charge in [0.15, 0.2) is 0 Å². The zero-order valence-electron chi connectivity index (χ0n) is 6.89. The molecule has 6 heteroatoms. The number of urea groups is 2. The molecule has 0 bridgehead atoms. The lowest BCUT2D eigenvalue weighted by atomic mass is 11.0. The van der Waals surface area contributed by atoms with Gasteiger partial charge >= 0.3 is 12.1 Å². The molecule has 0 spiro atoms. The van der Waals surface area contributed by atoms with Gasteiger partial charge in [0.25, 0.3) is 0 Å². The van der Waals surface area contributed by atoms with Crippen LogP contribution in [0.3, 0.4) is 0 Å². The average molecular weight is 162 g/mol. The Hall–Kier alpha value is -1.46. The van der Waals surface area contributed by atoms with E-state index in [1.165, 1.54) is 7.05 Å². The molecule has 0 rings (SSSR count). The number of amides is 4. The minimum Gasteiger partial charge on any atom is -0.352 e. The first-order valence-electron chi connectivity index (χ1n) is 2.95. The highest BCUT2D eigenvalue weighted by atomic mass is 16.2. The van der Waals surface area contributed by atoms with Crippen LogP contribution in [0.5, 0.6) is 0 Å². The monoisotopic (exact) mass is 162 g/mol. The molecule has 4 amide bonds. The predicted molar refractivity (Wildman–Crippen MR) is 42.2 cm³/mol. The summed E-state index contributed by atoms with van der Waals surface area (Å²) in [4.78, 5) is 19.4. The van der Waals surface area contributed by atoms with Crippen LogP contribution in [-0.2, 0) is 0 Å². The van der Waals surface area contributed by atoms with Gasteiger partial charge in [-0.25, -0.2) is 9.59 Å². The predicted octanol–water partition coefficient (Wildman–Crippen LogP) is -1.17. The largest absolute Gasteiger partial charge is 0.352 e. The van der Waals surface area contributed by atoms with Gasteiger partial charge in [0.05, 0.1) is 0 Å². The van der Waals surface area contributed by atoms with E-state index in [0.29, 0.717) is 0 Å². The van der Waals surface area contributed by atoms with Crippen molar-refractivity contribution in [3.8, 4) is 0 Å². The van der Waals surface area contributed by atoms with E-state index in [4.69, 9.17) is 0 Å². The van der Waals surface area contributed by atoms with Crippen molar-refractivity contribution in [1.29, 1.82) is 0 Å². The molecule has 5 N–H and O–H groups in total. The van der Waals surface area contributed by atoms with Crippen LogP contribution < -0.4 is 21.7 Å². The fraction of sp³-hybridized carbons (Fsp3) is 0.600. The van der Waals surface area contributed by atoms with Crippen molar-refractivity contribution in [3.63, 3.8) is 0 Å². The van der Waals surface area contributed by atoms with Crippen LogP contribution in [0.25, 0.3) is 0 Å². The number of primary amides is 1. The first-order valence-corrected chi connectivity index (χ1v) is 2.95. The molecule has 0 radical (unpaired) electrons. The molecule has 0 aliphatic carbocycles. The van der Waals surface area contributed by atoms with Crippen molar-refractivity contribution >= 4 is 12.1 Å². The molecule has 6 nitrogen and oxygen atoms in total. The quantitative estimate of drug-likeness (QED) is 0.361. The Kier molecular flexibility index (Phi) is 9.50. The number of carbonyl (C=O) groups is 2. The molecule has 0 saturated heterocycles. The van der Waals surface area contributed by atoms with Crippen molar-refractivity contribution < 1.29 is 9.59 Å². The Morgan fingerprint density at radius 3 is 1.27 bits per heavy atom. The van der Waals surface area contributed by atoms with Crippen molar-refractivity contribution in [2.45, 2.75) is 0 Å². The van der Waals surface area contributed by atoms with E-state index in [1.54, 1.807) is 14.1 Å². The van der Waals surface area contributed by atoms with Crippen molar-refractivity contribution in [3.05, 3.63) is 0 Å². The van der Waals surface area contributed by atoms with Crippen LogP contribution in [0.4, 0.5) is 9.59 Å². The maximum atomic E-state index is 9.96. The minimum absolute atomic E-state index is 0.157. The summed E-state index contributed by atoms with van der Waals surface area (Å²) < 4.78 is 0. The third kappa shape index (κ3) is 17.7. The molecule has 0 atom stereocenters. The van der Waals surface area contributed by atoms with Gasteiger partial charge in [-0.1, -0.05) is 0 Å². The van der Waals surface area contributed by atoms with E-state index in [-0.39, 0.29) is 6.03 Å².